The number of hydrogen-bond donors (Lipinski definition) is 2. The van der Waals surface area contributed by atoms with Crippen LogP contribution in [0, 0.1) is 5.92 Å². The smallest absolute Gasteiger partial charge is 0.319 e. The molecule has 1 aliphatic rings. The van der Waals surface area contributed by atoms with Gasteiger partial charge in [-0.3, -0.25) is 4.79 Å². The van der Waals surface area contributed by atoms with E-state index >= 15 is 0 Å². The van der Waals surface area contributed by atoms with E-state index in [9.17, 15) is 9.59 Å². The molecule has 0 bridgehead atoms. The first kappa shape index (κ1) is 13.4. The summed E-state index contributed by atoms with van der Waals surface area (Å²) in [6, 6.07) is 3.01. The molecule has 0 radical (unpaired) electrons. The number of anilines is 1. The van der Waals surface area contributed by atoms with Crippen LogP contribution < -0.4 is 16.2 Å². The fourth-order valence-corrected chi connectivity index (χ4v) is 2.14. The van der Waals surface area contributed by atoms with Crippen molar-refractivity contribution in [3.8, 4) is 0 Å². The normalized spacial score (nSPS) is 18.1. The van der Waals surface area contributed by atoms with E-state index in [0.717, 1.165) is 19.3 Å². The van der Waals surface area contributed by atoms with Crippen molar-refractivity contribution in [1.82, 2.24) is 9.88 Å². The molecule has 0 spiro atoms. The lowest BCUT2D eigenvalue weighted by Crippen LogP contribution is -2.35. The van der Waals surface area contributed by atoms with E-state index in [-0.39, 0.29) is 11.6 Å². The van der Waals surface area contributed by atoms with Crippen LogP contribution in [0.3, 0.4) is 0 Å². The Bertz CT molecular complexity index is 534. The summed E-state index contributed by atoms with van der Waals surface area (Å²) in [7, 11) is 1.65. The molecule has 0 saturated carbocycles. The van der Waals surface area contributed by atoms with Crippen LogP contribution in [0.25, 0.3) is 0 Å². The van der Waals surface area contributed by atoms with E-state index in [1.165, 1.54) is 4.57 Å². The summed E-state index contributed by atoms with van der Waals surface area (Å²) >= 11 is 0. The van der Waals surface area contributed by atoms with Gasteiger partial charge in [-0.05, 0) is 37.3 Å². The summed E-state index contributed by atoms with van der Waals surface area (Å²) in [5, 5.41) is 5.40. The lowest BCUT2D eigenvalue weighted by atomic mass is 9.94. The maximum atomic E-state index is 11.7. The quantitative estimate of drug-likeness (QED) is 0.816. The van der Waals surface area contributed by atoms with Crippen molar-refractivity contribution in [2.45, 2.75) is 19.3 Å². The Labute approximate surface area is 112 Å². The van der Waals surface area contributed by atoms with E-state index in [2.05, 4.69) is 22.8 Å². The van der Waals surface area contributed by atoms with Crippen molar-refractivity contribution < 1.29 is 4.79 Å². The van der Waals surface area contributed by atoms with Gasteiger partial charge in [0.2, 0.25) is 0 Å². The molecule has 2 rings (SSSR count). The van der Waals surface area contributed by atoms with Gasteiger partial charge in [0, 0.05) is 19.8 Å². The van der Waals surface area contributed by atoms with Crippen molar-refractivity contribution in [3.63, 3.8) is 0 Å². The van der Waals surface area contributed by atoms with Gasteiger partial charge in [-0.2, -0.15) is 0 Å². The van der Waals surface area contributed by atoms with Crippen LogP contribution in [0.2, 0.25) is 0 Å². The molecule has 0 fully saturated rings. The minimum Gasteiger partial charge on any atom is -0.338 e. The van der Waals surface area contributed by atoms with E-state index < -0.39 is 0 Å². The Morgan fingerprint density at radius 1 is 1.47 bits per heavy atom. The second-order valence-corrected chi connectivity index (χ2v) is 4.82. The van der Waals surface area contributed by atoms with Gasteiger partial charge in [0.25, 0.3) is 5.56 Å². The fraction of sp³-hybridized carbons (Fsp3) is 0.429. The molecule has 0 aliphatic heterocycles. The second kappa shape index (κ2) is 6.22. The van der Waals surface area contributed by atoms with Crippen LogP contribution >= 0.6 is 0 Å². The molecule has 1 aromatic heterocycles. The SMILES string of the molecule is Cn1cccc(NC(=O)NC[C@@H]2CC=CCC2)c1=O. The van der Waals surface area contributed by atoms with Gasteiger partial charge in [-0.15, -0.1) is 0 Å². The van der Waals surface area contributed by atoms with Crippen molar-refractivity contribution in [2.24, 2.45) is 13.0 Å². The van der Waals surface area contributed by atoms with Crippen LogP contribution in [0.4, 0.5) is 10.5 Å². The van der Waals surface area contributed by atoms with Gasteiger partial charge in [0.15, 0.2) is 0 Å². The molecule has 2 N–H and O–H groups in total. The molecule has 1 aromatic rings. The van der Waals surface area contributed by atoms with Gasteiger partial charge in [-0.25, -0.2) is 4.79 Å². The number of rotatable bonds is 3. The second-order valence-electron chi connectivity index (χ2n) is 4.82. The summed E-state index contributed by atoms with van der Waals surface area (Å²) in [6.45, 7) is 0.642. The van der Waals surface area contributed by atoms with E-state index in [0.29, 0.717) is 18.2 Å². The topological polar surface area (TPSA) is 63.1 Å². The summed E-state index contributed by atoms with van der Waals surface area (Å²) in [5.41, 5.74) is 0.0873. The predicted octanol–water partition coefficient (Wildman–Crippen LogP) is 1.86. The molecule has 5 nitrogen and oxygen atoms in total. The number of amides is 2. The van der Waals surface area contributed by atoms with Crippen LogP contribution in [0.15, 0.2) is 35.3 Å². The largest absolute Gasteiger partial charge is 0.338 e. The van der Waals surface area contributed by atoms with Gasteiger partial charge < -0.3 is 15.2 Å². The first-order valence-electron chi connectivity index (χ1n) is 6.52. The van der Waals surface area contributed by atoms with E-state index in [1.807, 2.05) is 0 Å². The third-order valence-corrected chi connectivity index (χ3v) is 3.30. The van der Waals surface area contributed by atoms with Gasteiger partial charge in [0.1, 0.15) is 5.69 Å². The maximum absolute atomic E-state index is 11.7. The predicted molar refractivity (Wildman–Crippen MR) is 75.2 cm³/mol. The molecule has 1 heterocycles. The zero-order chi connectivity index (χ0) is 13.7. The van der Waals surface area contributed by atoms with E-state index in [1.54, 1.807) is 25.4 Å². The average molecular weight is 261 g/mol. The Balaban J connectivity index is 1.85. The number of aryl methyl sites for hydroxylation is 1. The van der Waals surface area contributed by atoms with Crippen molar-refractivity contribution >= 4 is 11.7 Å². The number of carbonyl (C=O) groups excluding carboxylic acids is 1. The Morgan fingerprint density at radius 2 is 2.32 bits per heavy atom. The zero-order valence-corrected chi connectivity index (χ0v) is 11.1. The Kier molecular flexibility index (Phi) is 4.39. The molecule has 0 saturated heterocycles. The lowest BCUT2D eigenvalue weighted by Gasteiger charge is -2.18. The molecule has 0 unspecified atom stereocenters. The summed E-state index contributed by atoms with van der Waals surface area (Å²) in [5.74, 6) is 0.495. The highest BCUT2D eigenvalue weighted by molar-refractivity contribution is 5.88. The number of carbonyl (C=O) groups is 1. The standard InChI is InChI=1S/C14H19N3O2/c1-17-9-5-8-12(13(17)18)16-14(19)15-10-11-6-3-2-4-7-11/h2-3,5,8-9,11H,4,6-7,10H2,1H3,(H2,15,16,19)/t11-/m1/s1. The van der Waals surface area contributed by atoms with E-state index in [4.69, 9.17) is 0 Å². The third kappa shape index (κ3) is 3.71. The van der Waals surface area contributed by atoms with Crippen molar-refractivity contribution in [1.29, 1.82) is 0 Å². The maximum Gasteiger partial charge on any atom is 0.319 e. The highest BCUT2D eigenvalue weighted by Crippen LogP contribution is 2.16. The number of pyridine rings is 1. The molecule has 102 valence electrons. The van der Waals surface area contributed by atoms with Gasteiger partial charge in [0.05, 0.1) is 0 Å². The van der Waals surface area contributed by atoms with Crippen LogP contribution in [0.1, 0.15) is 19.3 Å². The number of nitrogens with zero attached hydrogens (tertiary/aromatic N) is 1. The molecule has 1 aliphatic carbocycles. The number of allylic oxidation sites excluding steroid dienone is 2. The number of aromatic nitrogens is 1. The molecular formula is C14H19N3O2. The van der Waals surface area contributed by atoms with Gasteiger partial charge >= 0.3 is 6.03 Å². The summed E-state index contributed by atoms with van der Waals surface area (Å²) < 4.78 is 1.43. The highest BCUT2D eigenvalue weighted by atomic mass is 16.2. The Hall–Kier alpha value is -2.04. The minimum atomic E-state index is -0.321. The summed E-state index contributed by atoms with van der Waals surface area (Å²) in [6.07, 6.45) is 9.16. The molecule has 1 atom stereocenters. The molecule has 2 amide bonds. The highest BCUT2D eigenvalue weighted by Gasteiger charge is 2.12. The molecule has 0 aromatic carbocycles. The molecular weight excluding hydrogens is 242 g/mol. The zero-order valence-electron chi connectivity index (χ0n) is 11.1. The Morgan fingerprint density at radius 3 is 3.05 bits per heavy atom. The number of hydrogen-bond acceptors (Lipinski definition) is 2. The first-order chi connectivity index (χ1) is 9.16. The number of urea groups is 1. The third-order valence-electron chi connectivity index (χ3n) is 3.30. The van der Waals surface area contributed by atoms with Crippen LogP contribution in [-0.2, 0) is 7.05 Å². The van der Waals surface area contributed by atoms with Crippen LogP contribution in [-0.4, -0.2) is 17.1 Å². The van der Waals surface area contributed by atoms with Gasteiger partial charge in [-0.1, -0.05) is 12.2 Å². The van der Waals surface area contributed by atoms with Crippen molar-refractivity contribution in [3.05, 3.63) is 40.8 Å². The number of nitrogens with one attached hydrogen (secondary N) is 2. The van der Waals surface area contributed by atoms with Crippen LogP contribution in [0.5, 0.6) is 0 Å². The lowest BCUT2D eigenvalue weighted by molar-refractivity contribution is 0.249. The minimum absolute atomic E-state index is 0.210. The summed E-state index contributed by atoms with van der Waals surface area (Å²) in [4.78, 5) is 23.5. The molecule has 5 heteroatoms. The average Bonchev–Trinajstić information content (AvgIpc) is 2.43. The fourth-order valence-electron chi connectivity index (χ4n) is 2.14. The van der Waals surface area contributed by atoms with Crippen molar-refractivity contribution in [2.75, 3.05) is 11.9 Å². The first-order valence-corrected chi connectivity index (χ1v) is 6.52. The molecule has 19 heavy (non-hydrogen) atoms. The monoisotopic (exact) mass is 261 g/mol.